The Hall–Kier alpha value is -0.960. The molecule has 0 spiro atoms. The van der Waals surface area contributed by atoms with Crippen LogP contribution in [0.5, 0.6) is 0 Å². The second kappa shape index (κ2) is 6.43. The van der Waals surface area contributed by atoms with Crippen LogP contribution in [0.25, 0.3) is 0 Å². The fraction of sp³-hybridized carbons (Fsp3) is 0. The molecule has 0 fully saturated rings. The number of benzene rings is 2. The number of nitrogens with two attached hydrogens (primary N) is 1. The van der Waals surface area contributed by atoms with Gasteiger partial charge in [-0.3, -0.25) is 4.72 Å². The van der Waals surface area contributed by atoms with E-state index in [1.807, 2.05) is 0 Å². The van der Waals surface area contributed by atoms with Crippen LogP contribution in [-0.4, -0.2) is 13.4 Å². The highest BCUT2D eigenvalue weighted by molar-refractivity contribution is 9.11. The Kier molecular flexibility index (Phi) is 5.03. The zero-order valence-corrected chi connectivity index (χ0v) is 15.3. The minimum Gasteiger partial charge on any atom is -0.389 e. The first kappa shape index (κ1) is 16.4. The number of anilines is 1. The van der Waals surface area contributed by atoms with Gasteiger partial charge in [0.25, 0.3) is 10.0 Å². The average Bonchev–Trinajstić information content (AvgIpc) is 2.42. The molecule has 2 rings (SSSR count). The molecule has 0 amide bonds. The van der Waals surface area contributed by atoms with E-state index in [9.17, 15) is 8.42 Å². The van der Waals surface area contributed by atoms with Crippen LogP contribution in [0, 0.1) is 0 Å². The zero-order chi connectivity index (χ0) is 15.6. The molecule has 0 unspecified atom stereocenters. The van der Waals surface area contributed by atoms with Crippen LogP contribution >= 0.6 is 44.1 Å². The molecule has 0 radical (unpaired) electrons. The summed E-state index contributed by atoms with van der Waals surface area (Å²) in [6, 6.07) is 11.5. The molecule has 0 saturated heterocycles. The third kappa shape index (κ3) is 3.82. The fourth-order valence-electron chi connectivity index (χ4n) is 1.68. The molecule has 0 saturated carbocycles. The van der Waals surface area contributed by atoms with Crippen molar-refractivity contribution in [2.45, 2.75) is 4.90 Å². The molecule has 21 heavy (non-hydrogen) atoms. The van der Waals surface area contributed by atoms with Crippen molar-refractivity contribution in [1.29, 1.82) is 0 Å². The fourth-order valence-corrected chi connectivity index (χ4v) is 4.50. The maximum absolute atomic E-state index is 12.5. The maximum Gasteiger partial charge on any atom is 0.262 e. The summed E-state index contributed by atoms with van der Waals surface area (Å²) < 4.78 is 29.0. The van der Waals surface area contributed by atoms with Crippen LogP contribution in [0.4, 0.5) is 5.69 Å². The van der Waals surface area contributed by atoms with Crippen molar-refractivity contribution in [3.05, 3.63) is 57.0 Å². The van der Waals surface area contributed by atoms with E-state index >= 15 is 0 Å². The summed E-state index contributed by atoms with van der Waals surface area (Å²) in [5, 5.41) is 0. The van der Waals surface area contributed by atoms with Crippen molar-refractivity contribution in [3.63, 3.8) is 0 Å². The lowest BCUT2D eigenvalue weighted by Crippen LogP contribution is -2.19. The number of hydrogen-bond donors (Lipinski definition) is 2. The summed E-state index contributed by atoms with van der Waals surface area (Å²) in [7, 11) is -3.79. The van der Waals surface area contributed by atoms with Crippen LogP contribution in [0.1, 0.15) is 5.56 Å². The number of sulfonamides is 1. The minimum absolute atomic E-state index is 0.0332. The number of thiocarbonyl (C=S) groups is 1. The quantitative estimate of drug-likeness (QED) is 0.698. The molecule has 0 aliphatic heterocycles. The van der Waals surface area contributed by atoms with E-state index < -0.39 is 10.0 Å². The van der Waals surface area contributed by atoms with Gasteiger partial charge in [-0.1, -0.05) is 46.3 Å². The molecular weight excluding hydrogens is 440 g/mol. The van der Waals surface area contributed by atoms with E-state index in [0.717, 1.165) is 4.47 Å². The number of hydrogen-bond acceptors (Lipinski definition) is 3. The Morgan fingerprint density at radius 3 is 2.43 bits per heavy atom. The molecule has 0 heterocycles. The number of halogens is 2. The molecular formula is C13H10Br2N2O2S2. The van der Waals surface area contributed by atoms with E-state index in [1.54, 1.807) is 36.4 Å². The van der Waals surface area contributed by atoms with Gasteiger partial charge >= 0.3 is 0 Å². The van der Waals surface area contributed by atoms with E-state index in [1.165, 1.54) is 6.07 Å². The lowest BCUT2D eigenvalue weighted by molar-refractivity contribution is 0.601. The van der Waals surface area contributed by atoms with Gasteiger partial charge in [0, 0.05) is 14.5 Å². The molecule has 4 nitrogen and oxygen atoms in total. The van der Waals surface area contributed by atoms with E-state index in [4.69, 9.17) is 18.0 Å². The summed E-state index contributed by atoms with van der Waals surface area (Å²) >= 11 is 11.5. The van der Waals surface area contributed by atoms with Gasteiger partial charge in [-0.15, -0.1) is 0 Å². The van der Waals surface area contributed by atoms with Crippen LogP contribution in [0.3, 0.4) is 0 Å². The van der Waals surface area contributed by atoms with Crippen molar-refractivity contribution in [1.82, 2.24) is 0 Å². The monoisotopic (exact) mass is 448 g/mol. The number of rotatable bonds is 4. The average molecular weight is 450 g/mol. The predicted molar refractivity (Wildman–Crippen MR) is 95.0 cm³/mol. The standard InChI is InChI=1S/C13H10Br2N2O2S2/c14-8-5-6-11(10(15)7-8)17-21(18,19)12-4-2-1-3-9(12)13(16)20/h1-7,17H,(H2,16,20). The summed E-state index contributed by atoms with van der Waals surface area (Å²) in [6.07, 6.45) is 0. The van der Waals surface area contributed by atoms with Gasteiger partial charge in [-0.05, 0) is 40.2 Å². The molecule has 0 aromatic heterocycles. The Labute approximate surface area is 145 Å². The lowest BCUT2D eigenvalue weighted by Gasteiger charge is -2.12. The van der Waals surface area contributed by atoms with Crippen molar-refractivity contribution in [2.75, 3.05) is 4.72 Å². The highest BCUT2D eigenvalue weighted by Crippen LogP contribution is 2.28. The summed E-state index contributed by atoms with van der Waals surface area (Å²) in [5.74, 6) is 0. The largest absolute Gasteiger partial charge is 0.389 e. The molecule has 0 aliphatic rings. The van der Waals surface area contributed by atoms with Gasteiger partial charge < -0.3 is 5.73 Å². The van der Waals surface area contributed by atoms with E-state index in [0.29, 0.717) is 15.7 Å². The first-order chi connectivity index (χ1) is 9.81. The Morgan fingerprint density at radius 2 is 1.81 bits per heavy atom. The molecule has 0 aliphatic carbocycles. The normalized spacial score (nSPS) is 11.1. The smallest absolute Gasteiger partial charge is 0.262 e. The predicted octanol–water partition coefficient (Wildman–Crippen LogP) is 3.65. The van der Waals surface area contributed by atoms with Crippen LogP contribution in [-0.2, 0) is 10.0 Å². The van der Waals surface area contributed by atoms with Crippen molar-refractivity contribution in [3.8, 4) is 0 Å². The molecule has 0 bridgehead atoms. The molecule has 8 heteroatoms. The summed E-state index contributed by atoms with van der Waals surface area (Å²) in [4.78, 5) is 0.0816. The summed E-state index contributed by atoms with van der Waals surface area (Å²) in [5.41, 5.74) is 6.32. The minimum atomic E-state index is -3.79. The maximum atomic E-state index is 12.5. The van der Waals surface area contributed by atoms with E-state index in [-0.39, 0.29) is 9.88 Å². The first-order valence-electron chi connectivity index (χ1n) is 5.68. The lowest BCUT2D eigenvalue weighted by atomic mass is 10.2. The molecule has 110 valence electrons. The molecule has 2 aromatic carbocycles. The third-order valence-electron chi connectivity index (χ3n) is 2.62. The first-order valence-corrected chi connectivity index (χ1v) is 9.16. The SMILES string of the molecule is NC(=S)c1ccccc1S(=O)(=O)Nc1ccc(Br)cc1Br. The zero-order valence-electron chi connectivity index (χ0n) is 10.5. The highest BCUT2D eigenvalue weighted by Gasteiger charge is 2.20. The second-order valence-corrected chi connectivity index (χ2v) is 7.95. The Morgan fingerprint density at radius 1 is 1.14 bits per heavy atom. The van der Waals surface area contributed by atoms with Crippen LogP contribution in [0.2, 0.25) is 0 Å². The van der Waals surface area contributed by atoms with Crippen molar-refractivity contribution in [2.24, 2.45) is 5.73 Å². The van der Waals surface area contributed by atoms with Crippen LogP contribution in [0.15, 0.2) is 56.3 Å². The Balaban J connectivity index is 2.46. The van der Waals surface area contributed by atoms with Gasteiger partial charge in [-0.25, -0.2) is 8.42 Å². The highest BCUT2D eigenvalue weighted by atomic mass is 79.9. The molecule has 3 N–H and O–H groups in total. The van der Waals surface area contributed by atoms with Gasteiger partial charge in [-0.2, -0.15) is 0 Å². The van der Waals surface area contributed by atoms with Gasteiger partial charge in [0.2, 0.25) is 0 Å². The molecule has 0 atom stereocenters. The Bertz CT molecular complexity index is 808. The van der Waals surface area contributed by atoms with Gasteiger partial charge in [0.1, 0.15) is 4.99 Å². The van der Waals surface area contributed by atoms with Crippen molar-refractivity contribution >= 4 is 64.8 Å². The topological polar surface area (TPSA) is 72.2 Å². The van der Waals surface area contributed by atoms with Crippen molar-refractivity contribution < 1.29 is 8.42 Å². The van der Waals surface area contributed by atoms with E-state index in [2.05, 4.69) is 36.6 Å². The second-order valence-electron chi connectivity index (χ2n) is 4.09. The van der Waals surface area contributed by atoms with Crippen LogP contribution < -0.4 is 10.5 Å². The summed E-state index contributed by atoms with van der Waals surface area (Å²) in [6.45, 7) is 0. The number of nitrogens with one attached hydrogen (secondary N) is 1. The third-order valence-corrected chi connectivity index (χ3v) is 5.41. The molecule has 2 aromatic rings. The van der Waals surface area contributed by atoms with Gasteiger partial charge in [0.15, 0.2) is 0 Å². The van der Waals surface area contributed by atoms with Gasteiger partial charge in [0.05, 0.1) is 10.6 Å².